The molecule has 0 saturated heterocycles. The molecular formula is C47H84O6. The minimum atomic E-state index is -0.778. The van der Waals surface area contributed by atoms with Crippen molar-refractivity contribution in [2.45, 2.75) is 232 Å². The van der Waals surface area contributed by atoms with Crippen molar-refractivity contribution in [1.82, 2.24) is 0 Å². The van der Waals surface area contributed by atoms with Gasteiger partial charge in [0, 0.05) is 19.3 Å². The summed E-state index contributed by atoms with van der Waals surface area (Å²) in [7, 11) is 0. The predicted molar refractivity (Wildman–Crippen MR) is 224 cm³/mol. The third-order valence-electron chi connectivity index (χ3n) is 9.59. The number of hydrogen-bond acceptors (Lipinski definition) is 6. The second-order valence-corrected chi connectivity index (χ2v) is 14.9. The Morgan fingerprint density at radius 3 is 1.00 bits per heavy atom. The number of unbranched alkanes of at least 4 members (excludes halogenated alkanes) is 23. The van der Waals surface area contributed by atoms with Gasteiger partial charge in [0.05, 0.1) is 0 Å². The van der Waals surface area contributed by atoms with Crippen LogP contribution in [0.25, 0.3) is 0 Å². The van der Waals surface area contributed by atoms with Gasteiger partial charge in [0.25, 0.3) is 0 Å². The third kappa shape index (κ3) is 40.6. The Labute approximate surface area is 327 Å². The average Bonchev–Trinajstić information content (AvgIpc) is 3.15. The van der Waals surface area contributed by atoms with E-state index in [2.05, 4.69) is 57.2 Å². The van der Waals surface area contributed by atoms with Crippen molar-refractivity contribution in [2.75, 3.05) is 13.2 Å². The normalized spacial score (nSPS) is 12.3. The fraction of sp³-hybridized carbons (Fsp3) is 0.809. The number of carbonyl (C=O) groups is 3. The van der Waals surface area contributed by atoms with Crippen molar-refractivity contribution in [3.63, 3.8) is 0 Å². The molecule has 0 radical (unpaired) electrons. The minimum absolute atomic E-state index is 0.0820. The van der Waals surface area contributed by atoms with Gasteiger partial charge in [0.15, 0.2) is 6.10 Å². The van der Waals surface area contributed by atoms with E-state index >= 15 is 0 Å². The van der Waals surface area contributed by atoms with Crippen molar-refractivity contribution in [3.05, 3.63) is 36.5 Å². The summed E-state index contributed by atoms with van der Waals surface area (Å²) < 4.78 is 16.7. The minimum Gasteiger partial charge on any atom is -0.462 e. The van der Waals surface area contributed by atoms with E-state index in [0.717, 1.165) is 83.5 Å². The van der Waals surface area contributed by atoms with Crippen molar-refractivity contribution in [2.24, 2.45) is 0 Å². The van der Waals surface area contributed by atoms with E-state index in [0.29, 0.717) is 19.3 Å². The van der Waals surface area contributed by atoms with Crippen molar-refractivity contribution < 1.29 is 28.6 Å². The lowest BCUT2D eigenvalue weighted by atomic mass is 10.1. The molecule has 308 valence electrons. The monoisotopic (exact) mass is 745 g/mol. The smallest absolute Gasteiger partial charge is 0.306 e. The van der Waals surface area contributed by atoms with E-state index in [9.17, 15) is 14.4 Å². The first-order valence-electron chi connectivity index (χ1n) is 22.5. The first-order chi connectivity index (χ1) is 26.0. The molecule has 0 saturated carbocycles. The van der Waals surface area contributed by atoms with Crippen LogP contribution >= 0.6 is 0 Å². The molecule has 1 atom stereocenters. The second kappa shape index (κ2) is 42.4. The van der Waals surface area contributed by atoms with E-state index in [-0.39, 0.29) is 31.1 Å². The number of rotatable bonds is 40. The molecule has 0 bridgehead atoms. The zero-order valence-electron chi connectivity index (χ0n) is 35.0. The van der Waals surface area contributed by atoms with Crippen LogP contribution in [0, 0.1) is 0 Å². The van der Waals surface area contributed by atoms with Crippen LogP contribution < -0.4 is 0 Å². The molecule has 0 aliphatic heterocycles. The quantitative estimate of drug-likeness (QED) is 0.0269. The van der Waals surface area contributed by atoms with Gasteiger partial charge in [-0.15, -0.1) is 0 Å². The van der Waals surface area contributed by atoms with Crippen molar-refractivity contribution in [3.8, 4) is 0 Å². The highest BCUT2D eigenvalue weighted by molar-refractivity contribution is 5.71. The Morgan fingerprint density at radius 1 is 0.358 bits per heavy atom. The zero-order chi connectivity index (χ0) is 38.7. The molecule has 0 aliphatic carbocycles. The highest BCUT2D eigenvalue weighted by Gasteiger charge is 2.19. The summed E-state index contributed by atoms with van der Waals surface area (Å²) in [5, 5.41) is 0. The summed E-state index contributed by atoms with van der Waals surface area (Å²) in [6.07, 6.45) is 46.9. The topological polar surface area (TPSA) is 78.9 Å². The SMILES string of the molecule is CCCC/C=C\CCCCCCCC(=O)OC[C@H](COC(=O)CCCCCCC/C=C\CCCCCC)OC(=O)CCCCCCC/C=C\CCCC. The van der Waals surface area contributed by atoms with Gasteiger partial charge in [-0.25, -0.2) is 0 Å². The zero-order valence-corrected chi connectivity index (χ0v) is 35.0. The van der Waals surface area contributed by atoms with Gasteiger partial charge >= 0.3 is 17.9 Å². The van der Waals surface area contributed by atoms with E-state index < -0.39 is 6.10 Å². The fourth-order valence-electron chi connectivity index (χ4n) is 6.10. The van der Waals surface area contributed by atoms with E-state index in [1.165, 1.54) is 103 Å². The molecule has 0 unspecified atom stereocenters. The molecule has 0 fully saturated rings. The first-order valence-corrected chi connectivity index (χ1v) is 22.5. The lowest BCUT2D eigenvalue weighted by molar-refractivity contribution is -0.167. The number of allylic oxidation sites excluding steroid dienone is 6. The molecule has 0 rings (SSSR count). The predicted octanol–water partition coefficient (Wildman–Crippen LogP) is 14.2. The third-order valence-corrected chi connectivity index (χ3v) is 9.59. The van der Waals surface area contributed by atoms with Crippen molar-refractivity contribution in [1.29, 1.82) is 0 Å². The largest absolute Gasteiger partial charge is 0.462 e. The van der Waals surface area contributed by atoms with E-state index in [1.54, 1.807) is 0 Å². The van der Waals surface area contributed by atoms with E-state index in [4.69, 9.17) is 14.2 Å². The molecule has 0 aromatic rings. The van der Waals surface area contributed by atoms with Crippen LogP contribution in [0.15, 0.2) is 36.5 Å². The van der Waals surface area contributed by atoms with Crippen LogP contribution in [-0.4, -0.2) is 37.2 Å². The maximum absolute atomic E-state index is 12.7. The van der Waals surface area contributed by atoms with Gasteiger partial charge in [0.1, 0.15) is 13.2 Å². The summed E-state index contributed by atoms with van der Waals surface area (Å²) in [4.78, 5) is 37.7. The Bertz CT molecular complexity index is 907. The maximum Gasteiger partial charge on any atom is 0.306 e. The maximum atomic E-state index is 12.7. The summed E-state index contributed by atoms with van der Waals surface area (Å²) >= 11 is 0. The van der Waals surface area contributed by atoms with Crippen LogP contribution in [0.2, 0.25) is 0 Å². The van der Waals surface area contributed by atoms with Crippen LogP contribution in [0.4, 0.5) is 0 Å². The summed E-state index contributed by atoms with van der Waals surface area (Å²) in [5.41, 5.74) is 0. The van der Waals surface area contributed by atoms with Crippen molar-refractivity contribution >= 4 is 17.9 Å². The summed E-state index contributed by atoms with van der Waals surface area (Å²) in [6.45, 7) is 6.51. The van der Waals surface area contributed by atoms with Crippen LogP contribution in [0.3, 0.4) is 0 Å². The number of carbonyl (C=O) groups excluding carboxylic acids is 3. The molecule has 0 aliphatic rings. The summed E-state index contributed by atoms with van der Waals surface area (Å²) in [5.74, 6) is -0.911. The van der Waals surface area contributed by atoms with Gasteiger partial charge in [-0.05, 0) is 83.5 Å². The van der Waals surface area contributed by atoms with Gasteiger partial charge < -0.3 is 14.2 Å². The highest BCUT2D eigenvalue weighted by Crippen LogP contribution is 2.13. The van der Waals surface area contributed by atoms with Crippen LogP contribution in [-0.2, 0) is 28.6 Å². The molecule has 6 heteroatoms. The number of esters is 3. The Morgan fingerprint density at radius 2 is 0.642 bits per heavy atom. The van der Waals surface area contributed by atoms with Gasteiger partial charge in [-0.2, -0.15) is 0 Å². The Balaban J connectivity index is 4.40. The molecule has 0 N–H and O–H groups in total. The standard InChI is InChI=1S/C47H84O6/c1-4-7-10-13-16-19-22-23-26-28-31-34-37-40-46(49)52-43-44(53-47(50)41-38-35-32-29-25-21-18-15-12-9-6-3)42-51-45(48)39-36-33-30-27-24-20-17-14-11-8-5-2/h14-15,17-19,22,44H,4-13,16,20-21,23-43H2,1-3H3/b17-14-,18-15-,22-19-/t44-/m1/s1. The molecule has 53 heavy (non-hydrogen) atoms. The molecular weight excluding hydrogens is 661 g/mol. The average molecular weight is 745 g/mol. The molecule has 0 spiro atoms. The number of ether oxygens (including phenoxy) is 3. The lowest BCUT2D eigenvalue weighted by Crippen LogP contribution is -2.30. The molecule has 6 nitrogen and oxygen atoms in total. The highest BCUT2D eigenvalue weighted by atomic mass is 16.6. The lowest BCUT2D eigenvalue weighted by Gasteiger charge is -2.18. The Hall–Kier alpha value is -2.37. The van der Waals surface area contributed by atoms with Crippen LogP contribution in [0.5, 0.6) is 0 Å². The second-order valence-electron chi connectivity index (χ2n) is 14.9. The molecule has 0 amide bonds. The molecule has 0 aromatic carbocycles. The summed E-state index contributed by atoms with van der Waals surface area (Å²) in [6, 6.07) is 0. The van der Waals surface area contributed by atoms with E-state index in [1.807, 2.05) is 0 Å². The molecule has 0 heterocycles. The Kier molecular flexibility index (Phi) is 40.5. The van der Waals surface area contributed by atoms with Gasteiger partial charge in [0.2, 0.25) is 0 Å². The number of hydrogen-bond donors (Lipinski definition) is 0. The van der Waals surface area contributed by atoms with Crippen LogP contribution in [0.1, 0.15) is 226 Å². The molecule has 0 aromatic heterocycles. The van der Waals surface area contributed by atoms with Gasteiger partial charge in [-0.3, -0.25) is 14.4 Å². The first kappa shape index (κ1) is 50.6. The fourth-order valence-corrected chi connectivity index (χ4v) is 6.10. The van der Waals surface area contributed by atoms with Gasteiger partial charge in [-0.1, -0.05) is 160 Å².